The van der Waals surface area contributed by atoms with Crippen LogP contribution in [0.5, 0.6) is 0 Å². The molecule has 1 heterocycles. The van der Waals surface area contributed by atoms with E-state index in [0.29, 0.717) is 18.2 Å². The predicted octanol–water partition coefficient (Wildman–Crippen LogP) is 1.42. The molecule has 0 saturated heterocycles. The largest absolute Gasteiger partial charge is 0.476 e. The fraction of sp³-hybridized carbons (Fsp3) is 0.600. The number of aromatic amines is 1. The van der Waals surface area contributed by atoms with E-state index >= 15 is 0 Å². The number of rotatable bonds is 5. The maximum atomic E-state index is 10.5. The molecule has 5 nitrogen and oxygen atoms in total. The molecule has 0 unspecified atom stereocenters. The van der Waals surface area contributed by atoms with Crippen molar-refractivity contribution in [2.45, 2.75) is 25.9 Å². The minimum absolute atomic E-state index is 0.0391. The Kier molecular flexibility index (Phi) is 3.01. The summed E-state index contributed by atoms with van der Waals surface area (Å²) in [6, 6.07) is 1.50. The van der Waals surface area contributed by atoms with Crippen LogP contribution in [-0.2, 0) is 11.3 Å². The van der Waals surface area contributed by atoms with E-state index in [1.165, 1.54) is 25.3 Å². The highest BCUT2D eigenvalue weighted by atomic mass is 16.5. The number of carbonyl (C=O) groups is 1. The molecule has 15 heavy (non-hydrogen) atoms. The second-order valence-electron chi connectivity index (χ2n) is 3.90. The van der Waals surface area contributed by atoms with E-state index in [0.717, 1.165) is 6.61 Å². The van der Waals surface area contributed by atoms with E-state index in [4.69, 9.17) is 9.84 Å². The first kappa shape index (κ1) is 10.2. The van der Waals surface area contributed by atoms with E-state index in [1.54, 1.807) is 0 Å². The summed E-state index contributed by atoms with van der Waals surface area (Å²) in [5.74, 6) is -0.316. The molecule has 1 aromatic heterocycles. The molecule has 1 saturated carbocycles. The third kappa shape index (κ3) is 2.56. The second-order valence-corrected chi connectivity index (χ2v) is 3.90. The van der Waals surface area contributed by atoms with Crippen molar-refractivity contribution in [2.24, 2.45) is 5.92 Å². The smallest absolute Gasteiger partial charge is 0.356 e. The highest BCUT2D eigenvalue weighted by Gasteiger charge is 2.17. The molecule has 0 amide bonds. The Balaban J connectivity index is 1.75. The van der Waals surface area contributed by atoms with Crippen molar-refractivity contribution in [1.82, 2.24) is 10.2 Å². The quantitative estimate of drug-likeness (QED) is 0.770. The number of aromatic nitrogens is 2. The standard InChI is InChI=1S/C10H14N2O3/c13-10(14)9-4-8(11-12-9)6-15-5-7-2-1-3-7/h4,7H,1-3,5-6H2,(H,11,12)(H,13,14). The number of ether oxygens (including phenoxy) is 1. The van der Waals surface area contributed by atoms with E-state index in [1.807, 2.05) is 0 Å². The first-order valence-corrected chi connectivity index (χ1v) is 5.11. The SMILES string of the molecule is O=C(O)c1cc(COCC2CCC2)[nH]n1. The van der Waals surface area contributed by atoms with Crippen molar-refractivity contribution in [2.75, 3.05) is 6.61 Å². The Morgan fingerprint density at radius 3 is 3.00 bits per heavy atom. The third-order valence-electron chi connectivity index (χ3n) is 2.69. The molecule has 5 heteroatoms. The molecule has 2 N–H and O–H groups in total. The molecule has 82 valence electrons. The molecule has 1 aliphatic carbocycles. The van der Waals surface area contributed by atoms with Gasteiger partial charge in [-0.05, 0) is 24.8 Å². The van der Waals surface area contributed by atoms with Crippen LogP contribution in [0, 0.1) is 5.92 Å². The van der Waals surface area contributed by atoms with Crippen molar-refractivity contribution >= 4 is 5.97 Å². The number of carboxylic acid groups (broad SMARTS) is 1. The maximum Gasteiger partial charge on any atom is 0.356 e. The van der Waals surface area contributed by atoms with E-state index in [-0.39, 0.29) is 5.69 Å². The Morgan fingerprint density at radius 1 is 1.67 bits per heavy atom. The molecule has 0 radical (unpaired) electrons. The number of carboxylic acids is 1. The first-order valence-electron chi connectivity index (χ1n) is 5.11. The molecular weight excluding hydrogens is 196 g/mol. The summed E-state index contributed by atoms with van der Waals surface area (Å²) in [6.45, 7) is 1.18. The second kappa shape index (κ2) is 4.44. The minimum Gasteiger partial charge on any atom is -0.476 e. The van der Waals surface area contributed by atoms with Crippen LogP contribution in [0.4, 0.5) is 0 Å². The summed E-state index contributed by atoms with van der Waals surface area (Å²) in [6.07, 6.45) is 3.81. The third-order valence-corrected chi connectivity index (χ3v) is 2.69. The molecule has 0 aromatic carbocycles. The lowest BCUT2D eigenvalue weighted by Crippen LogP contribution is -2.17. The maximum absolute atomic E-state index is 10.5. The van der Waals surface area contributed by atoms with Gasteiger partial charge in [0, 0.05) is 6.61 Å². The van der Waals surface area contributed by atoms with E-state index in [9.17, 15) is 4.79 Å². The molecule has 1 aliphatic rings. The monoisotopic (exact) mass is 210 g/mol. The van der Waals surface area contributed by atoms with Gasteiger partial charge in [-0.25, -0.2) is 4.79 Å². The van der Waals surface area contributed by atoms with Crippen LogP contribution < -0.4 is 0 Å². The van der Waals surface area contributed by atoms with Crippen molar-refractivity contribution < 1.29 is 14.6 Å². The minimum atomic E-state index is -1.02. The number of nitrogens with zero attached hydrogens (tertiary/aromatic N) is 1. The van der Waals surface area contributed by atoms with Crippen LogP contribution in [0.15, 0.2) is 6.07 Å². The number of hydrogen-bond acceptors (Lipinski definition) is 3. The zero-order chi connectivity index (χ0) is 10.7. The lowest BCUT2D eigenvalue weighted by Gasteiger charge is -2.24. The molecular formula is C10H14N2O3. The van der Waals surface area contributed by atoms with Gasteiger partial charge in [0.15, 0.2) is 5.69 Å². The highest BCUT2D eigenvalue weighted by Crippen LogP contribution is 2.26. The summed E-state index contributed by atoms with van der Waals surface area (Å²) in [4.78, 5) is 10.5. The zero-order valence-corrected chi connectivity index (χ0v) is 8.40. The summed E-state index contributed by atoms with van der Waals surface area (Å²) in [7, 11) is 0. The Hall–Kier alpha value is -1.36. The Labute approximate surface area is 87.4 Å². The Morgan fingerprint density at radius 2 is 2.47 bits per heavy atom. The van der Waals surface area contributed by atoms with Crippen LogP contribution in [0.1, 0.15) is 35.4 Å². The molecule has 0 aliphatic heterocycles. The average Bonchev–Trinajstić information content (AvgIpc) is 2.57. The first-order chi connectivity index (χ1) is 7.25. The number of nitrogens with one attached hydrogen (secondary N) is 1. The van der Waals surface area contributed by atoms with Crippen LogP contribution >= 0.6 is 0 Å². The van der Waals surface area contributed by atoms with Gasteiger partial charge in [-0.1, -0.05) is 6.42 Å². The van der Waals surface area contributed by atoms with Gasteiger partial charge in [0.05, 0.1) is 12.3 Å². The summed E-state index contributed by atoms with van der Waals surface area (Å²) in [5.41, 5.74) is 0.754. The van der Waals surface area contributed by atoms with Gasteiger partial charge in [-0.15, -0.1) is 0 Å². The fourth-order valence-corrected chi connectivity index (χ4v) is 1.54. The molecule has 2 rings (SSSR count). The zero-order valence-electron chi connectivity index (χ0n) is 8.40. The fourth-order valence-electron chi connectivity index (χ4n) is 1.54. The number of H-pyrrole nitrogens is 1. The molecule has 0 bridgehead atoms. The van der Waals surface area contributed by atoms with Gasteiger partial charge in [-0.3, -0.25) is 5.10 Å². The van der Waals surface area contributed by atoms with Crippen LogP contribution in [-0.4, -0.2) is 27.9 Å². The average molecular weight is 210 g/mol. The van der Waals surface area contributed by atoms with Gasteiger partial charge in [0.2, 0.25) is 0 Å². The topological polar surface area (TPSA) is 75.2 Å². The van der Waals surface area contributed by atoms with Gasteiger partial charge >= 0.3 is 5.97 Å². The van der Waals surface area contributed by atoms with Gasteiger partial charge in [0.1, 0.15) is 0 Å². The summed E-state index contributed by atoms with van der Waals surface area (Å²) < 4.78 is 5.45. The molecule has 0 atom stereocenters. The number of hydrogen-bond donors (Lipinski definition) is 2. The lowest BCUT2D eigenvalue weighted by atomic mass is 9.86. The Bertz CT molecular complexity index is 344. The van der Waals surface area contributed by atoms with Crippen molar-refractivity contribution in [3.63, 3.8) is 0 Å². The van der Waals surface area contributed by atoms with E-state index in [2.05, 4.69) is 10.2 Å². The summed E-state index contributed by atoms with van der Waals surface area (Å²) in [5, 5.41) is 14.9. The lowest BCUT2D eigenvalue weighted by molar-refractivity contribution is 0.0579. The predicted molar refractivity (Wildman–Crippen MR) is 52.5 cm³/mol. The van der Waals surface area contributed by atoms with Gasteiger partial charge in [0.25, 0.3) is 0 Å². The highest BCUT2D eigenvalue weighted by molar-refractivity contribution is 5.85. The van der Waals surface area contributed by atoms with E-state index < -0.39 is 5.97 Å². The van der Waals surface area contributed by atoms with Gasteiger partial charge in [-0.2, -0.15) is 5.10 Å². The van der Waals surface area contributed by atoms with Crippen LogP contribution in [0.2, 0.25) is 0 Å². The van der Waals surface area contributed by atoms with Crippen LogP contribution in [0.3, 0.4) is 0 Å². The number of aromatic carboxylic acids is 1. The van der Waals surface area contributed by atoms with Crippen LogP contribution in [0.25, 0.3) is 0 Å². The van der Waals surface area contributed by atoms with Crippen molar-refractivity contribution in [3.8, 4) is 0 Å². The van der Waals surface area contributed by atoms with Crippen molar-refractivity contribution in [1.29, 1.82) is 0 Å². The molecule has 1 aromatic rings. The molecule has 1 fully saturated rings. The summed E-state index contributed by atoms with van der Waals surface area (Å²) >= 11 is 0. The molecule has 0 spiro atoms. The van der Waals surface area contributed by atoms with Gasteiger partial charge < -0.3 is 9.84 Å². The normalized spacial score (nSPS) is 16.3. The van der Waals surface area contributed by atoms with Crippen molar-refractivity contribution in [3.05, 3.63) is 17.5 Å².